The van der Waals surface area contributed by atoms with Gasteiger partial charge in [0.2, 0.25) is 0 Å². The molecule has 1 aromatic heterocycles. The molecule has 0 saturated heterocycles. The standard InChI is InChI=1S/C18H13Cl2NO3S/c1-2-24-18(23)15-11-5-3-4-6-14(11)25-17(15)21-16(22)12-9-10(19)7-8-13(12)20/h3-9H,2H2,1H3,(H,21,22). The number of fused-ring (bicyclic) bond motifs is 1. The van der Waals surface area contributed by atoms with Crippen LogP contribution in [0, 0.1) is 0 Å². The summed E-state index contributed by atoms with van der Waals surface area (Å²) in [5.41, 5.74) is 0.579. The van der Waals surface area contributed by atoms with Crippen molar-refractivity contribution in [3.8, 4) is 0 Å². The number of rotatable bonds is 4. The number of benzene rings is 2. The van der Waals surface area contributed by atoms with Crippen molar-refractivity contribution < 1.29 is 14.3 Å². The van der Waals surface area contributed by atoms with E-state index in [1.54, 1.807) is 19.1 Å². The van der Waals surface area contributed by atoms with Gasteiger partial charge in [-0.3, -0.25) is 4.79 Å². The quantitative estimate of drug-likeness (QED) is 0.583. The van der Waals surface area contributed by atoms with E-state index in [0.29, 0.717) is 15.6 Å². The summed E-state index contributed by atoms with van der Waals surface area (Å²) in [6.45, 7) is 1.98. The number of halogens is 2. The maximum atomic E-state index is 12.6. The molecular formula is C18H13Cl2NO3S. The van der Waals surface area contributed by atoms with Crippen molar-refractivity contribution in [1.29, 1.82) is 0 Å². The van der Waals surface area contributed by atoms with E-state index in [0.717, 1.165) is 10.1 Å². The summed E-state index contributed by atoms with van der Waals surface area (Å²) in [5, 5.41) is 4.59. The van der Waals surface area contributed by atoms with Crippen molar-refractivity contribution in [2.24, 2.45) is 0 Å². The molecule has 0 aliphatic carbocycles. The van der Waals surface area contributed by atoms with Gasteiger partial charge >= 0.3 is 5.97 Å². The van der Waals surface area contributed by atoms with E-state index in [2.05, 4.69) is 5.32 Å². The third kappa shape index (κ3) is 3.63. The van der Waals surface area contributed by atoms with Gasteiger partial charge in [-0.1, -0.05) is 41.4 Å². The van der Waals surface area contributed by atoms with Gasteiger partial charge in [-0.2, -0.15) is 0 Å². The van der Waals surface area contributed by atoms with Gasteiger partial charge in [-0.05, 0) is 31.2 Å². The Kier molecular flexibility index (Phi) is 5.27. The first-order chi connectivity index (χ1) is 12.0. The largest absolute Gasteiger partial charge is 0.462 e. The molecule has 0 atom stereocenters. The summed E-state index contributed by atoms with van der Waals surface area (Å²) < 4.78 is 6.01. The lowest BCUT2D eigenvalue weighted by atomic mass is 10.1. The summed E-state index contributed by atoms with van der Waals surface area (Å²) in [5.74, 6) is -0.919. The van der Waals surface area contributed by atoms with Gasteiger partial charge in [0.05, 0.1) is 17.2 Å². The Bertz CT molecular complexity index is 968. The van der Waals surface area contributed by atoms with Crippen molar-refractivity contribution in [3.05, 3.63) is 63.6 Å². The number of nitrogens with one attached hydrogen (secondary N) is 1. The van der Waals surface area contributed by atoms with E-state index in [1.807, 2.05) is 24.3 Å². The zero-order chi connectivity index (χ0) is 18.0. The van der Waals surface area contributed by atoms with Crippen LogP contribution in [0.4, 0.5) is 5.00 Å². The fourth-order valence-corrected chi connectivity index (χ4v) is 3.84. The number of amides is 1. The third-order valence-electron chi connectivity index (χ3n) is 3.48. The first kappa shape index (κ1) is 17.7. The van der Waals surface area contributed by atoms with Crippen LogP contribution in [-0.4, -0.2) is 18.5 Å². The van der Waals surface area contributed by atoms with Gasteiger partial charge in [0.1, 0.15) is 10.6 Å². The zero-order valence-electron chi connectivity index (χ0n) is 13.1. The average Bonchev–Trinajstić information content (AvgIpc) is 2.95. The maximum absolute atomic E-state index is 12.6. The highest BCUT2D eigenvalue weighted by atomic mass is 35.5. The van der Waals surface area contributed by atoms with Crippen molar-refractivity contribution in [3.63, 3.8) is 0 Å². The monoisotopic (exact) mass is 393 g/mol. The fourth-order valence-electron chi connectivity index (χ4n) is 2.38. The van der Waals surface area contributed by atoms with Gasteiger partial charge < -0.3 is 10.1 Å². The summed E-state index contributed by atoms with van der Waals surface area (Å²) in [6.07, 6.45) is 0. The Morgan fingerprint density at radius 2 is 1.92 bits per heavy atom. The number of thiophene rings is 1. The van der Waals surface area contributed by atoms with Crippen LogP contribution in [0.5, 0.6) is 0 Å². The lowest BCUT2D eigenvalue weighted by Gasteiger charge is -2.08. The molecule has 0 radical (unpaired) electrons. The highest BCUT2D eigenvalue weighted by Crippen LogP contribution is 2.36. The Hall–Kier alpha value is -2.08. The molecule has 1 heterocycles. The van der Waals surface area contributed by atoms with Gasteiger partial charge in [0, 0.05) is 15.1 Å². The van der Waals surface area contributed by atoms with Gasteiger partial charge in [0.15, 0.2) is 0 Å². The van der Waals surface area contributed by atoms with Crippen LogP contribution in [0.2, 0.25) is 10.0 Å². The summed E-state index contributed by atoms with van der Waals surface area (Å²) in [4.78, 5) is 25.0. The number of ether oxygens (including phenoxy) is 1. The van der Waals surface area contributed by atoms with Crippen LogP contribution in [0.3, 0.4) is 0 Å². The topological polar surface area (TPSA) is 55.4 Å². The SMILES string of the molecule is CCOC(=O)c1c(NC(=O)c2cc(Cl)ccc2Cl)sc2ccccc12. The minimum Gasteiger partial charge on any atom is -0.462 e. The molecule has 1 N–H and O–H groups in total. The molecule has 25 heavy (non-hydrogen) atoms. The first-order valence-electron chi connectivity index (χ1n) is 7.46. The second kappa shape index (κ2) is 7.44. The molecule has 0 aliphatic heterocycles. The highest BCUT2D eigenvalue weighted by molar-refractivity contribution is 7.23. The molecular weight excluding hydrogens is 381 g/mol. The number of esters is 1. The van der Waals surface area contributed by atoms with Crippen molar-refractivity contribution in [1.82, 2.24) is 0 Å². The number of hydrogen-bond donors (Lipinski definition) is 1. The van der Waals surface area contributed by atoms with E-state index in [4.69, 9.17) is 27.9 Å². The molecule has 2 aromatic carbocycles. The van der Waals surface area contributed by atoms with Crippen molar-refractivity contribution in [2.75, 3.05) is 11.9 Å². The fraction of sp³-hybridized carbons (Fsp3) is 0.111. The predicted molar refractivity (Wildman–Crippen MR) is 102 cm³/mol. The van der Waals surface area contributed by atoms with Crippen LogP contribution in [0.1, 0.15) is 27.6 Å². The second-order valence-electron chi connectivity index (χ2n) is 5.10. The molecule has 4 nitrogen and oxygen atoms in total. The molecule has 0 unspecified atom stereocenters. The molecule has 3 aromatic rings. The first-order valence-corrected chi connectivity index (χ1v) is 9.03. The van der Waals surface area contributed by atoms with Crippen molar-refractivity contribution >= 4 is 61.5 Å². The van der Waals surface area contributed by atoms with Crippen molar-refractivity contribution in [2.45, 2.75) is 6.92 Å². The number of carbonyl (C=O) groups is 2. The van der Waals surface area contributed by atoms with E-state index < -0.39 is 11.9 Å². The molecule has 7 heteroatoms. The molecule has 0 aliphatic rings. The van der Waals surface area contributed by atoms with E-state index in [-0.39, 0.29) is 17.2 Å². The molecule has 0 saturated carbocycles. The average molecular weight is 394 g/mol. The van der Waals surface area contributed by atoms with Gasteiger partial charge in [-0.15, -0.1) is 11.3 Å². The van der Waals surface area contributed by atoms with Crippen LogP contribution < -0.4 is 5.32 Å². The van der Waals surface area contributed by atoms with E-state index in [1.165, 1.54) is 17.4 Å². The lowest BCUT2D eigenvalue weighted by Crippen LogP contribution is -2.15. The minimum atomic E-state index is -0.479. The number of hydrogen-bond acceptors (Lipinski definition) is 4. The van der Waals surface area contributed by atoms with Crippen LogP contribution in [0.15, 0.2) is 42.5 Å². The highest BCUT2D eigenvalue weighted by Gasteiger charge is 2.22. The molecule has 0 fully saturated rings. The Balaban J connectivity index is 2.03. The Morgan fingerprint density at radius 1 is 1.16 bits per heavy atom. The molecule has 128 valence electrons. The normalized spacial score (nSPS) is 10.7. The third-order valence-corrected chi connectivity index (χ3v) is 5.13. The van der Waals surface area contributed by atoms with Crippen LogP contribution in [-0.2, 0) is 4.74 Å². The smallest absolute Gasteiger partial charge is 0.341 e. The predicted octanol–water partition coefficient (Wildman–Crippen LogP) is 5.64. The lowest BCUT2D eigenvalue weighted by molar-refractivity contribution is 0.0530. The minimum absolute atomic E-state index is 0.237. The van der Waals surface area contributed by atoms with E-state index >= 15 is 0 Å². The molecule has 0 bridgehead atoms. The van der Waals surface area contributed by atoms with Gasteiger partial charge in [-0.25, -0.2) is 4.79 Å². The summed E-state index contributed by atoms with van der Waals surface area (Å²) in [6, 6.07) is 12.0. The molecule has 0 spiro atoms. The molecule has 1 amide bonds. The Labute approximate surface area is 158 Å². The zero-order valence-corrected chi connectivity index (χ0v) is 15.5. The molecule has 3 rings (SSSR count). The summed E-state index contributed by atoms with van der Waals surface area (Å²) in [7, 11) is 0. The number of anilines is 1. The summed E-state index contributed by atoms with van der Waals surface area (Å²) >= 11 is 13.3. The van der Waals surface area contributed by atoms with E-state index in [9.17, 15) is 9.59 Å². The van der Waals surface area contributed by atoms with Crippen LogP contribution in [0.25, 0.3) is 10.1 Å². The van der Waals surface area contributed by atoms with Gasteiger partial charge in [0.25, 0.3) is 5.91 Å². The van der Waals surface area contributed by atoms with Crippen LogP contribution >= 0.6 is 34.5 Å². The Morgan fingerprint density at radius 3 is 2.68 bits per heavy atom. The number of carbonyl (C=O) groups excluding carboxylic acids is 2. The maximum Gasteiger partial charge on any atom is 0.341 e. The second-order valence-corrected chi connectivity index (χ2v) is 7.00.